The molecule has 0 bridgehead atoms. The Labute approximate surface area is 252 Å². The molecule has 1 unspecified atom stereocenters. The third kappa shape index (κ3) is 6.83. The van der Waals surface area contributed by atoms with Crippen LogP contribution in [0.2, 0.25) is 5.02 Å². The molecule has 8 nitrogen and oxygen atoms in total. The van der Waals surface area contributed by atoms with E-state index < -0.39 is 11.9 Å². The van der Waals surface area contributed by atoms with E-state index in [1.807, 2.05) is 13.0 Å². The monoisotopic (exact) mass is 600 g/mol. The second kappa shape index (κ2) is 13.2. The van der Waals surface area contributed by atoms with E-state index >= 15 is 0 Å². The Balaban J connectivity index is 1.37. The van der Waals surface area contributed by atoms with Crippen molar-refractivity contribution in [1.29, 1.82) is 5.26 Å². The maximum absolute atomic E-state index is 13.3. The van der Waals surface area contributed by atoms with Crippen LogP contribution in [0.4, 0.5) is 4.39 Å². The number of hydrogen-bond donors (Lipinski definition) is 1. The van der Waals surface area contributed by atoms with Gasteiger partial charge < -0.3 is 29.4 Å². The number of hydrogen-bond acceptors (Lipinski definition) is 8. The quantitative estimate of drug-likeness (QED) is 0.159. The van der Waals surface area contributed by atoms with Gasteiger partial charge in [0.05, 0.1) is 17.5 Å². The van der Waals surface area contributed by atoms with E-state index in [1.165, 1.54) is 18.2 Å². The molecule has 4 aromatic carbocycles. The van der Waals surface area contributed by atoms with Gasteiger partial charge in [-0.1, -0.05) is 48.0 Å². The second-order valence-corrected chi connectivity index (χ2v) is 9.78. The lowest BCUT2D eigenvalue weighted by molar-refractivity contribution is -0.136. The molecule has 0 saturated heterocycles. The van der Waals surface area contributed by atoms with Gasteiger partial charge in [0.15, 0.2) is 18.1 Å². The molecule has 1 aliphatic rings. The summed E-state index contributed by atoms with van der Waals surface area (Å²) in [6.45, 7) is 2.07. The number of halogens is 2. The molecule has 0 saturated carbocycles. The maximum Gasteiger partial charge on any atom is 0.349 e. The van der Waals surface area contributed by atoms with E-state index in [2.05, 4.69) is 6.07 Å². The maximum atomic E-state index is 13.3. The highest BCUT2D eigenvalue weighted by Gasteiger charge is 2.32. The van der Waals surface area contributed by atoms with Crippen LogP contribution in [0.15, 0.2) is 96.4 Å². The van der Waals surface area contributed by atoms with Gasteiger partial charge in [0.25, 0.3) is 0 Å². The standard InChI is InChI=1S/C33H26ClFN2O6/c1-2-39-30-15-21(9-14-28(30)40-18-20-7-10-22(35)11-8-20)32-24-13-12-23(16-29(24)43-33(37)25(32)17-36)42-31(38)19-41-27-6-4-3-5-26(27)34/h3-16,32H,2,18-19,37H2,1H3. The Kier molecular flexibility index (Phi) is 8.99. The summed E-state index contributed by atoms with van der Waals surface area (Å²) in [4.78, 5) is 12.5. The van der Waals surface area contributed by atoms with Crippen LogP contribution >= 0.6 is 11.6 Å². The summed E-state index contributed by atoms with van der Waals surface area (Å²) in [7, 11) is 0. The number of carbonyl (C=O) groups excluding carboxylic acids is 1. The van der Waals surface area contributed by atoms with Crippen LogP contribution in [-0.2, 0) is 11.4 Å². The third-order valence-electron chi connectivity index (χ3n) is 6.51. The van der Waals surface area contributed by atoms with E-state index in [0.29, 0.717) is 45.8 Å². The molecule has 10 heteroatoms. The summed E-state index contributed by atoms with van der Waals surface area (Å²) < 4.78 is 41.8. The molecule has 0 fully saturated rings. The van der Waals surface area contributed by atoms with Crippen molar-refractivity contribution in [1.82, 2.24) is 0 Å². The number of allylic oxidation sites excluding steroid dienone is 1. The highest BCUT2D eigenvalue weighted by atomic mass is 35.5. The Morgan fingerprint density at radius 1 is 0.977 bits per heavy atom. The van der Waals surface area contributed by atoms with Crippen LogP contribution in [0.25, 0.3) is 0 Å². The molecule has 0 spiro atoms. The molecule has 0 amide bonds. The Morgan fingerprint density at radius 3 is 2.51 bits per heavy atom. The van der Waals surface area contributed by atoms with Gasteiger partial charge in [-0.05, 0) is 60.5 Å². The van der Waals surface area contributed by atoms with Crippen molar-refractivity contribution in [3.63, 3.8) is 0 Å². The zero-order valence-corrected chi connectivity index (χ0v) is 23.8. The fourth-order valence-electron chi connectivity index (χ4n) is 4.53. The average Bonchev–Trinajstić information content (AvgIpc) is 3.00. The van der Waals surface area contributed by atoms with Gasteiger partial charge in [-0.15, -0.1) is 0 Å². The minimum absolute atomic E-state index is 0.0693. The van der Waals surface area contributed by atoms with Crippen molar-refractivity contribution in [2.75, 3.05) is 13.2 Å². The number of ether oxygens (including phenoxy) is 5. The Hall–Kier alpha value is -5.20. The number of esters is 1. The van der Waals surface area contributed by atoms with Crippen molar-refractivity contribution in [2.24, 2.45) is 5.73 Å². The second-order valence-electron chi connectivity index (χ2n) is 9.37. The first-order valence-corrected chi connectivity index (χ1v) is 13.7. The summed E-state index contributed by atoms with van der Waals surface area (Å²) >= 11 is 6.07. The molecule has 5 rings (SSSR count). The topological polar surface area (TPSA) is 113 Å². The van der Waals surface area contributed by atoms with Gasteiger partial charge in [-0.25, -0.2) is 9.18 Å². The normalized spacial score (nSPS) is 13.8. The van der Waals surface area contributed by atoms with Gasteiger partial charge in [0.1, 0.15) is 41.3 Å². The van der Waals surface area contributed by atoms with Crippen molar-refractivity contribution in [3.05, 3.63) is 124 Å². The van der Waals surface area contributed by atoms with E-state index in [-0.39, 0.29) is 36.2 Å². The van der Waals surface area contributed by atoms with E-state index in [0.717, 1.165) is 5.56 Å². The number of para-hydroxylation sites is 1. The fraction of sp³-hybridized carbons (Fsp3) is 0.152. The lowest BCUT2D eigenvalue weighted by atomic mass is 9.83. The number of nitriles is 1. The zero-order valence-electron chi connectivity index (χ0n) is 23.0. The van der Waals surface area contributed by atoms with Crippen LogP contribution in [0.3, 0.4) is 0 Å². The molecule has 0 aliphatic carbocycles. The van der Waals surface area contributed by atoms with Gasteiger partial charge in [-0.3, -0.25) is 0 Å². The van der Waals surface area contributed by atoms with E-state index in [1.54, 1.807) is 60.7 Å². The van der Waals surface area contributed by atoms with Crippen molar-refractivity contribution < 1.29 is 32.9 Å². The average molecular weight is 601 g/mol. The lowest BCUT2D eigenvalue weighted by Crippen LogP contribution is -2.22. The van der Waals surface area contributed by atoms with Gasteiger partial charge in [0.2, 0.25) is 5.88 Å². The molecule has 2 N–H and O–H groups in total. The fourth-order valence-corrected chi connectivity index (χ4v) is 4.73. The molecule has 4 aromatic rings. The van der Waals surface area contributed by atoms with Crippen molar-refractivity contribution >= 4 is 17.6 Å². The zero-order chi connectivity index (χ0) is 30.3. The molecule has 1 heterocycles. The summed E-state index contributed by atoms with van der Waals surface area (Å²) in [6, 6.07) is 25.2. The Morgan fingerprint density at radius 2 is 1.77 bits per heavy atom. The van der Waals surface area contributed by atoms with Gasteiger partial charge in [0, 0.05) is 11.6 Å². The largest absolute Gasteiger partial charge is 0.490 e. The van der Waals surface area contributed by atoms with Crippen molar-refractivity contribution in [3.8, 4) is 34.8 Å². The van der Waals surface area contributed by atoms with Crippen molar-refractivity contribution in [2.45, 2.75) is 19.4 Å². The summed E-state index contributed by atoms with van der Waals surface area (Å²) in [5, 5.41) is 10.4. The Bertz CT molecular complexity index is 1720. The van der Waals surface area contributed by atoms with Gasteiger partial charge in [-0.2, -0.15) is 5.26 Å². The number of fused-ring (bicyclic) bond motifs is 1. The highest BCUT2D eigenvalue weighted by Crippen LogP contribution is 2.45. The summed E-state index contributed by atoms with van der Waals surface area (Å²) in [5.74, 6) is 0.213. The minimum Gasteiger partial charge on any atom is -0.490 e. The predicted molar refractivity (Wildman–Crippen MR) is 157 cm³/mol. The molecular formula is C33H26ClFN2O6. The number of nitrogens with two attached hydrogens (primary N) is 1. The minimum atomic E-state index is -0.647. The molecule has 1 aliphatic heterocycles. The molecule has 0 radical (unpaired) electrons. The van der Waals surface area contributed by atoms with E-state index in [4.69, 9.17) is 41.0 Å². The summed E-state index contributed by atoms with van der Waals surface area (Å²) in [6.07, 6.45) is 0. The predicted octanol–water partition coefficient (Wildman–Crippen LogP) is 6.66. The molecule has 0 aromatic heterocycles. The number of rotatable bonds is 10. The SMILES string of the molecule is CCOc1cc(C2C(C#N)=C(N)Oc3cc(OC(=O)COc4ccccc4Cl)ccc32)ccc1OCc1ccc(F)cc1. The first kappa shape index (κ1) is 29.3. The molecule has 43 heavy (non-hydrogen) atoms. The van der Waals surface area contributed by atoms with Crippen LogP contribution in [0.5, 0.6) is 28.7 Å². The van der Waals surface area contributed by atoms with Gasteiger partial charge >= 0.3 is 5.97 Å². The van der Waals surface area contributed by atoms with Crippen LogP contribution in [-0.4, -0.2) is 19.2 Å². The van der Waals surface area contributed by atoms with Crippen LogP contribution in [0, 0.1) is 17.1 Å². The van der Waals surface area contributed by atoms with Crippen LogP contribution in [0.1, 0.15) is 29.5 Å². The first-order valence-electron chi connectivity index (χ1n) is 13.3. The van der Waals surface area contributed by atoms with Crippen LogP contribution < -0.4 is 29.4 Å². The summed E-state index contributed by atoms with van der Waals surface area (Å²) in [5.41, 5.74) is 8.53. The number of benzene rings is 4. The molecule has 218 valence electrons. The lowest BCUT2D eigenvalue weighted by Gasteiger charge is -2.27. The highest BCUT2D eigenvalue weighted by molar-refractivity contribution is 6.32. The first-order chi connectivity index (χ1) is 20.9. The number of carbonyl (C=O) groups is 1. The smallest absolute Gasteiger partial charge is 0.349 e. The molecule has 1 atom stereocenters. The molecular weight excluding hydrogens is 575 g/mol. The number of nitrogens with zero attached hydrogens (tertiary/aromatic N) is 1. The van der Waals surface area contributed by atoms with E-state index in [9.17, 15) is 14.4 Å². The third-order valence-corrected chi connectivity index (χ3v) is 6.83.